The highest BCUT2D eigenvalue weighted by Crippen LogP contribution is 2.24. The summed E-state index contributed by atoms with van der Waals surface area (Å²) in [5, 5.41) is 8.99. The SMILES string of the molecule is COCCN(CCOC)c1ccc(C(=O)O)c(Br)c1. The van der Waals surface area contributed by atoms with Gasteiger partial charge in [-0.25, -0.2) is 4.79 Å². The van der Waals surface area contributed by atoms with Crippen molar-refractivity contribution in [1.29, 1.82) is 0 Å². The van der Waals surface area contributed by atoms with E-state index in [0.717, 1.165) is 18.8 Å². The number of rotatable bonds is 8. The number of carbonyl (C=O) groups is 1. The number of hydrogen-bond donors (Lipinski definition) is 1. The van der Waals surface area contributed by atoms with Crippen LogP contribution in [0.5, 0.6) is 0 Å². The maximum atomic E-state index is 11.0. The van der Waals surface area contributed by atoms with Crippen LogP contribution >= 0.6 is 15.9 Å². The first kappa shape index (κ1) is 15.9. The smallest absolute Gasteiger partial charge is 0.336 e. The highest BCUT2D eigenvalue weighted by Gasteiger charge is 2.12. The molecule has 0 spiro atoms. The van der Waals surface area contributed by atoms with Crippen LogP contribution in [0.4, 0.5) is 5.69 Å². The Morgan fingerprint density at radius 2 is 1.84 bits per heavy atom. The predicted molar refractivity (Wildman–Crippen MR) is 77.1 cm³/mol. The molecule has 0 heterocycles. The van der Waals surface area contributed by atoms with Crippen LogP contribution in [0.2, 0.25) is 0 Å². The van der Waals surface area contributed by atoms with E-state index in [-0.39, 0.29) is 5.56 Å². The average molecular weight is 332 g/mol. The highest BCUT2D eigenvalue weighted by molar-refractivity contribution is 9.10. The number of hydrogen-bond acceptors (Lipinski definition) is 4. The van der Waals surface area contributed by atoms with E-state index >= 15 is 0 Å². The third-order valence-corrected chi connectivity index (χ3v) is 3.33. The minimum Gasteiger partial charge on any atom is -0.478 e. The minimum absolute atomic E-state index is 0.252. The molecule has 5 nitrogen and oxygen atoms in total. The zero-order valence-corrected chi connectivity index (χ0v) is 12.6. The zero-order chi connectivity index (χ0) is 14.3. The van der Waals surface area contributed by atoms with Crippen molar-refractivity contribution in [3.8, 4) is 0 Å². The molecule has 0 aliphatic heterocycles. The second-order valence-corrected chi connectivity index (χ2v) is 4.80. The number of anilines is 1. The highest BCUT2D eigenvalue weighted by atomic mass is 79.9. The molecule has 0 aliphatic rings. The maximum Gasteiger partial charge on any atom is 0.336 e. The van der Waals surface area contributed by atoms with Crippen LogP contribution in [0, 0.1) is 0 Å². The molecule has 1 rings (SSSR count). The molecule has 0 saturated carbocycles. The number of ether oxygens (including phenoxy) is 2. The standard InChI is InChI=1S/C13H18BrNO4/c1-18-7-5-15(6-8-19-2)10-3-4-11(13(16)17)12(14)9-10/h3-4,9H,5-8H2,1-2H3,(H,16,17). The van der Waals surface area contributed by atoms with Gasteiger partial charge < -0.3 is 19.5 Å². The molecule has 0 aliphatic carbocycles. The van der Waals surface area contributed by atoms with E-state index in [9.17, 15) is 4.79 Å². The Morgan fingerprint density at radius 3 is 2.26 bits per heavy atom. The van der Waals surface area contributed by atoms with Gasteiger partial charge >= 0.3 is 5.97 Å². The van der Waals surface area contributed by atoms with E-state index in [4.69, 9.17) is 14.6 Å². The van der Waals surface area contributed by atoms with Crippen molar-refractivity contribution in [1.82, 2.24) is 0 Å². The van der Waals surface area contributed by atoms with Gasteiger partial charge in [-0.3, -0.25) is 0 Å². The van der Waals surface area contributed by atoms with Gasteiger partial charge in [-0.2, -0.15) is 0 Å². The Bertz CT molecular complexity index is 417. The van der Waals surface area contributed by atoms with Crippen LogP contribution in [0.15, 0.2) is 22.7 Å². The number of halogens is 1. The molecule has 1 aromatic carbocycles. The first-order valence-corrected chi connectivity index (χ1v) is 6.65. The molecule has 0 atom stereocenters. The van der Waals surface area contributed by atoms with Crippen molar-refractivity contribution < 1.29 is 19.4 Å². The van der Waals surface area contributed by atoms with Crippen LogP contribution < -0.4 is 4.90 Å². The van der Waals surface area contributed by atoms with Gasteiger partial charge in [0.1, 0.15) is 0 Å². The van der Waals surface area contributed by atoms with Gasteiger partial charge in [-0.05, 0) is 34.1 Å². The molecule has 6 heteroatoms. The van der Waals surface area contributed by atoms with Crippen molar-refractivity contribution in [2.24, 2.45) is 0 Å². The number of aromatic carboxylic acids is 1. The molecule has 1 aromatic rings. The van der Waals surface area contributed by atoms with E-state index < -0.39 is 5.97 Å². The van der Waals surface area contributed by atoms with E-state index in [1.165, 1.54) is 0 Å². The van der Waals surface area contributed by atoms with Gasteiger partial charge in [-0.1, -0.05) is 0 Å². The van der Waals surface area contributed by atoms with E-state index in [2.05, 4.69) is 20.8 Å². The summed E-state index contributed by atoms with van der Waals surface area (Å²) in [5.41, 5.74) is 1.19. The lowest BCUT2D eigenvalue weighted by molar-refractivity contribution is 0.0696. The molecule has 19 heavy (non-hydrogen) atoms. The molecular formula is C13H18BrNO4. The number of methoxy groups -OCH3 is 2. The Balaban J connectivity index is 2.88. The molecule has 0 amide bonds. The number of carboxylic acid groups (broad SMARTS) is 1. The third kappa shape index (κ3) is 4.81. The summed E-state index contributed by atoms with van der Waals surface area (Å²) < 4.78 is 10.7. The molecule has 0 aromatic heterocycles. The van der Waals surface area contributed by atoms with E-state index in [0.29, 0.717) is 17.7 Å². The lowest BCUT2D eigenvalue weighted by Crippen LogP contribution is -2.30. The first-order chi connectivity index (χ1) is 9.10. The van der Waals surface area contributed by atoms with Gasteiger partial charge in [-0.15, -0.1) is 0 Å². The lowest BCUT2D eigenvalue weighted by atomic mass is 10.2. The Morgan fingerprint density at radius 1 is 1.26 bits per heavy atom. The van der Waals surface area contributed by atoms with Crippen LogP contribution in [-0.4, -0.2) is 51.6 Å². The quantitative estimate of drug-likeness (QED) is 0.791. The Kier molecular flexibility index (Phi) is 6.83. The predicted octanol–water partition coefficient (Wildman–Crippen LogP) is 2.25. The topological polar surface area (TPSA) is 59.0 Å². The number of benzene rings is 1. The average Bonchev–Trinajstić information content (AvgIpc) is 2.38. The molecule has 0 saturated heterocycles. The summed E-state index contributed by atoms with van der Waals surface area (Å²) in [6.07, 6.45) is 0. The van der Waals surface area contributed by atoms with Gasteiger partial charge in [0.05, 0.1) is 18.8 Å². The van der Waals surface area contributed by atoms with Gasteiger partial charge in [0, 0.05) is 37.5 Å². The zero-order valence-electron chi connectivity index (χ0n) is 11.1. The molecule has 0 fully saturated rings. The maximum absolute atomic E-state index is 11.0. The van der Waals surface area contributed by atoms with Crippen LogP contribution in [-0.2, 0) is 9.47 Å². The van der Waals surface area contributed by atoms with Gasteiger partial charge in [0.25, 0.3) is 0 Å². The van der Waals surface area contributed by atoms with E-state index in [1.807, 2.05) is 0 Å². The van der Waals surface area contributed by atoms with Crippen LogP contribution in [0.25, 0.3) is 0 Å². The molecule has 0 radical (unpaired) electrons. The normalized spacial score (nSPS) is 10.5. The summed E-state index contributed by atoms with van der Waals surface area (Å²) in [7, 11) is 3.30. The fourth-order valence-electron chi connectivity index (χ4n) is 1.65. The number of carboxylic acids is 1. The van der Waals surface area contributed by atoms with Crippen molar-refractivity contribution >= 4 is 27.6 Å². The summed E-state index contributed by atoms with van der Waals surface area (Å²) in [6, 6.07) is 5.18. The summed E-state index contributed by atoms with van der Waals surface area (Å²) >= 11 is 3.28. The Hall–Kier alpha value is -1.11. The molecule has 106 valence electrons. The van der Waals surface area contributed by atoms with Crippen LogP contribution in [0.3, 0.4) is 0 Å². The van der Waals surface area contributed by atoms with E-state index in [1.54, 1.807) is 32.4 Å². The van der Waals surface area contributed by atoms with Gasteiger partial charge in [0.2, 0.25) is 0 Å². The third-order valence-electron chi connectivity index (χ3n) is 2.68. The number of nitrogens with zero attached hydrogens (tertiary/aromatic N) is 1. The molecule has 1 N–H and O–H groups in total. The monoisotopic (exact) mass is 331 g/mol. The first-order valence-electron chi connectivity index (χ1n) is 5.85. The molecule has 0 bridgehead atoms. The summed E-state index contributed by atoms with van der Waals surface area (Å²) in [5.74, 6) is -0.946. The molecular weight excluding hydrogens is 314 g/mol. The summed E-state index contributed by atoms with van der Waals surface area (Å²) in [4.78, 5) is 13.1. The lowest BCUT2D eigenvalue weighted by Gasteiger charge is -2.24. The second kappa shape index (κ2) is 8.14. The van der Waals surface area contributed by atoms with Crippen molar-refractivity contribution in [3.63, 3.8) is 0 Å². The molecule has 0 unspecified atom stereocenters. The fraction of sp³-hybridized carbons (Fsp3) is 0.462. The Labute approximate surface area is 121 Å². The minimum atomic E-state index is -0.946. The second-order valence-electron chi connectivity index (χ2n) is 3.94. The van der Waals surface area contributed by atoms with Crippen molar-refractivity contribution in [2.45, 2.75) is 0 Å². The fourth-order valence-corrected chi connectivity index (χ4v) is 2.18. The largest absolute Gasteiger partial charge is 0.478 e. The van der Waals surface area contributed by atoms with Crippen LogP contribution in [0.1, 0.15) is 10.4 Å². The summed E-state index contributed by atoms with van der Waals surface area (Å²) in [6.45, 7) is 2.64. The van der Waals surface area contributed by atoms with Crippen molar-refractivity contribution in [3.05, 3.63) is 28.2 Å². The van der Waals surface area contributed by atoms with Gasteiger partial charge in [0.15, 0.2) is 0 Å². The van der Waals surface area contributed by atoms with Crippen molar-refractivity contribution in [2.75, 3.05) is 45.4 Å².